The van der Waals surface area contributed by atoms with Gasteiger partial charge in [-0.1, -0.05) is 6.07 Å². The predicted molar refractivity (Wildman–Crippen MR) is 61.8 cm³/mol. The predicted octanol–water partition coefficient (Wildman–Crippen LogP) is 1.70. The van der Waals surface area contributed by atoms with Crippen molar-refractivity contribution in [2.45, 2.75) is 32.0 Å². The molecule has 1 N–H and O–H groups in total. The molecule has 88 valence electrons. The Labute approximate surface area is 96.0 Å². The third-order valence-electron chi connectivity index (χ3n) is 3.12. The fraction of sp³-hybridized carbons (Fsp3) is 0.538. The number of aliphatic hydroxyl groups is 1. The molecule has 2 rings (SSSR count). The molecule has 3 nitrogen and oxygen atoms in total. The molecular weight excluding hydrogens is 204 g/mol. The quantitative estimate of drug-likeness (QED) is 0.771. The highest BCUT2D eigenvalue weighted by Gasteiger charge is 2.37. The van der Waals surface area contributed by atoms with E-state index in [2.05, 4.69) is 19.1 Å². The van der Waals surface area contributed by atoms with Gasteiger partial charge < -0.3 is 14.6 Å². The normalized spacial score (nSPS) is 23.2. The Morgan fingerprint density at radius 3 is 2.81 bits per heavy atom. The molecule has 0 bridgehead atoms. The summed E-state index contributed by atoms with van der Waals surface area (Å²) in [5, 5.41) is 8.87. The lowest BCUT2D eigenvalue weighted by Gasteiger charge is -2.07. The smallest absolute Gasteiger partial charge is 0.119 e. The Balaban J connectivity index is 1.93. The molecule has 0 aliphatic carbocycles. The summed E-state index contributed by atoms with van der Waals surface area (Å²) in [6.07, 6.45) is 2.27. The first-order valence-electron chi connectivity index (χ1n) is 5.64. The summed E-state index contributed by atoms with van der Waals surface area (Å²) in [7, 11) is 1.68. The lowest BCUT2D eigenvalue weighted by Crippen LogP contribution is -2.01. The van der Waals surface area contributed by atoms with E-state index < -0.39 is 0 Å². The van der Waals surface area contributed by atoms with Gasteiger partial charge in [-0.2, -0.15) is 0 Å². The van der Waals surface area contributed by atoms with Crippen LogP contribution in [-0.2, 0) is 11.2 Å². The van der Waals surface area contributed by atoms with Gasteiger partial charge in [-0.05, 0) is 43.0 Å². The summed E-state index contributed by atoms with van der Waals surface area (Å²) in [5.74, 6) is 0.899. The van der Waals surface area contributed by atoms with Gasteiger partial charge in [0.15, 0.2) is 0 Å². The van der Waals surface area contributed by atoms with Crippen molar-refractivity contribution in [3.63, 3.8) is 0 Å². The summed E-state index contributed by atoms with van der Waals surface area (Å²) in [5.41, 5.74) is 2.58. The highest BCUT2D eigenvalue weighted by Crippen LogP contribution is 2.27. The minimum Gasteiger partial charge on any atom is -0.497 e. The Bertz CT molecular complexity index is 362. The Kier molecular flexibility index (Phi) is 3.46. The largest absolute Gasteiger partial charge is 0.497 e. The molecule has 1 fully saturated rings. The van der Waals surface area contributed by atoms with Crippen molar-refractivity contribution in [1.29, 1.82) is 0 Å². The number of rotatable bonds is 5. The van der Waals surface area contributed by atoms with Crippen LogP contribution in [0.5, 0.6) is 5.75 Å². The van der Waals surface area contributed by atoms with E-state index in [0.29, 0.717) is 0 Å². The number of methoxy groups -OCH3 is 1. The number of epoxide rings is 1. The van der Waals surface area contributed by atoms with E-state index in [1.165, 1.54) is 11.1 Å². The van der Waals surface area contributed by atoms with Crippen LogP contribution in [0.2, 0.25) is 0 Å². The number of ether oxygens (including phenoxy) is 2. The van der Waals surface area contributed by atoms with E-state index in [-0.39, 0.29) is 18.8 Å². The van der Waals surface area contributed by atoms with Crippen LogP contribution in [0, 0.1) is 6.92 Å². The van der Waals surface area contributed by atoms with Gasteiger partial charge >= 0.3 is 0 Å². The highest BCUT2D eigenvalue weighted by atomic mass is 16.6. The van der Waals surface area contributed by atoms with Gasteiger partial charge in [0.1, 0.15) is 11.9 Å². The van der Waals surface area contributed by atoms with Crippen molar-refractivity contribution in [2.24, 2.45) is 0 Å². The second kappa shape index (κ2) is 4.85. The molecule has 1 aliphatic rings. The van der Waals surface area contributed by atoms with Crippen molar-refractivity contribution in [1.82, 2.24) is 0 Å². The molecule has 1 aromatic rings. The summed E-state index contributed by atoms with van der Waals surface area (Å²) in [6, 6.07) is 6.13. The number of benzene rings is 1. The van der Waals surface area contributed by atoms with Crippen molar-refractivity contribution < 1.29 is 14.6 Å². The van der Waals surface area contributed by atoms with Crippen molar-refractivity contribution in [3.8, 4) is 5.75 Å². The van der Waals surface area contributed by atoms with Crippen molar-refractivity contribution >= 4 is 0 Å². The maximum absolute atomic E-state index is 8.87. The van der Waals surface area contributed by atoms with Gasteiger partial charge in [-0.3, -0.25) is 0 Å². The number of aliphatic hydroxyl groups excluding tert-OH is 1. The van der Waals surface area contributed by atoms with E-state index in [1.54, 1.807) is 7.11 Å². The monoisotopic (exact) mass is 222 g/mol. The summed E-state index contributed by atoms with van der Waals surface area (Å²) in [6.45, 7) is 2.24. The van der Waals surface area contributed by atoms with Crippen LogP contribution in [0.15, 0.2) is 18.2 Å². The van der Waals surface area contributed by atoms with E-state index >= 15 is 0 Å². The minimum atomic E-state index is 0.0749. The zero-order chi connectivity index (χ0) is 11.5. The van der Waals surface area contributed by atoms with E-state index in [0.717, 1.165) is 18.6 Å². The molecule has 3 heteroatoms. The van der Waals surface area contributed by atoms with Crippen molar-refractivity contribution in [2.75, 3.05) is 13.7 Å². The highest BCUT2D eigenvalue weighted by molar-refractivity contribution is 5.35. The standard InChI is InChI=1S/C13H18O3/c1-9-3-5-11(15-2)7-10(9)4-6-12-13(8-14)16-12/h3,5,7,12-14H,4,6,8H2,1-2H3/t12-,13-/m0/s1. The molecule has 1 aliphatic heterocycles. The molecule has 1 saturated heterocycles. The van der Waals surface area contributed by atoms with E-state index in [4.69, 9.17) is 14.6 Å². The van der Waals surface area contributed by atoms with Gasteiger partial charge in [0.05, 0.1) is 19.8 Å². The fourth-order valence-electron chi connectivity index (χ4n) is 1.94. The van der Waals surface area contributed by atoms with Crippen LogP contribution in [0.25, 0.3) is 0 Å². The minimum absolute atomic E-state index is 0.0749. The molecule has 0 aromatic heterocycles. The topological polar surface area (TPSA) is 42.0 Å². The number of hydrogen-bond acceptors (Lipinski definition) is 3. The van der Waals surface area contributed by atoms with Crippen LogP contribution < -0.4 is 4.74 Å². The molecule has 2 atom stereocenters. The van der Waals surface area contributed by atoms with Crippen LogP contribution in [0.3, 0.4) is 0 Å². The van der Waals surface area contributed by atoms with E-state index in [9.17, 15) is 0 Å². The number of aryl methyl sites for hydroxylation is 2. The first kappa shape index (κ1) is 11.4. The average Bonchev–Trinajstić information content (AvgIpc) is 3.07. The van der Waals surface area contributed by atoms with E-state index in [1.807, 2.05) is 6.07 Å². The molecule has 1 aromatic carbocycles. The maximum atomic E-state index is 8.87. The van der Waals surface area contributed by atoms with Crippen molar-refractivity contribution in [3.05, 3.63) is 29.3 Å². The second-order valence-corrected chi connectivity index (χ2v) is 4.23. The third-order valence-corrected chi connectivity index (χ3v) is 3.12. The molecule has 0 amide bonds. The SMILES string of the molecule is COc1ccc(C)c(CC[C@@H]2O[C@H]2CO)c1. The molecule has 0 saturated carbocycles. The zero-order valence-electron chi connectivity index (χ0n) is 9.77. The first-order chi connectivity index (χ1) is 7.74. The molecule has 16 heavy (non-hydrogen) atoms. The molecule has 0 spiro atoms. The molecule has 0 radical (unpaired) electrons. The third kappa shape index (κ3) is 2.54. The second-order valence-electron chi connectivity index (χ2n) is 4.23. The summed E-state index contributed by atoms with van der Waals surface area (Å²) in [4.78, 5) is 0. The zero-order valence-corrected chi connectivity index (χ0v) is 9.77. The Morgan fingerprint density at radius 2 is 2.19 bits per heavy atom. The van der Waals surface area contributed by atoms with Gasteiger partial charge in [-0.15, -0.1) is 0 Å². The lowest BCUT2D eigenvalue weighted by atomic mass is 10.0. The van der Waals surface area contributed by atoms with Crippen LogP contribution in [0.4, 0.5) is 0 Å². The molecule has 0 unspecified atom stereocenters. The van der Waals surface area contributed by atoms with Crippen LogP contribution in [0.1, 0.15) is 17.5 Å². The number of hydrogen-bond donors (Lipinski definition) is 1. The van der Waals surface area contributed by atoms with Crippen LogP contribution >= 0.6 is 0 Å². The average molecular weight is 222 g/mol. The maximum Gasteiger partial charge on any atom is 0.119 e. The molecule has 1 heterocycles. The Hall–Kier alpha value is -1.06. The Morgan fingerprint density at radius 1 is 1.38 bits per heavy atom. The first-order valence-corrected chi connectivity index (χ1v) is 5.64. The van der Waals surface area contributed by atoms with Gasteiger partial charge in [0, 0.05) is 0 Å². The van der Waals surface area contributed by atoms with Crippen LogP contribution in [-0.4, -0.2) is 31.0 Å². The van der Waals surface area contributed by atoms with Gasteiger partial charge in [-0.25, -0.2) is 0 Å². The lowest BCUT2D eigenvalue weighted by molar-refractivity contribution is 0.241. The molecular formula is C13H18O3. The van der Waals surface area contributed by atoms with Gasteiger partial charge in [0.25, 0.3) is 0 Å². The summed E-state index contributed by atoms with van der Waals surface area (Å²) < 4.78 is 10.5. The summed E-state index contributed by atoms with van der Waals surface area (Å²) >= 11 is 0. The van der Waals surface area contributed by atoms with Gasteiger partial charge in [0.2, 0.25) is 0 Å². The fourth-order valence-corrected chi connectivity index (χ4v) is 1.94.